The highest BCUT2D eigenvalue weighted by Crippen LogP contribution is 2.32. The van der Waals surface area contributed by atoms with Crippen molar-refractivity contribution < 1.29 is 22.7 Å². The summed E-state index contributed by atoms with van der Waals surface area (Å²) < 4.78 is 46.5. The van der Waals surface area contributed by atoms with Crippen molar-refractivity contribution in [2.45, 2.75) is 58.9 Å². The largest absolute Gasteiger partial charge is 0.416 e. The molecule has 0 aliphatic carbocycles. The molecule has 0 bridgehead atoms. The lowest BCUT2D eigenvalue weighted by atomic mass is 9.91. The fourth-order valence-electron chi connectivity index (χ4n) is 3.41. The minimum atomic E-state index is -4.58. The average Bonchev–Trinajstić information content (AvgIpc) is 3.23. The van der Waals surface area contributed by atoms with Crippen LogP contribution in [0.5, 0.6) is 0 Å². The van der Waals surface area contributed by atoms with Gasteiger partial charge >= 0.3 is 6.18 Å². The molecule has 3 rings (SSSR count). The third-order valence-corrected chi connectivity index (χ3v) is 5.06. The molecule has 9 heteroatoms. The van der Waals surface area contributed by atoms with Gasteiger partial charge in [0.1, 0.15) is 0 Å². The third-order valence-electron chi connectivity index (χ3n) is 4.73. The molecule has 2 aromatic rings. The van der Waals surface area contributed by atoms with E-state index in [4.69, 9.17) is 16.3 Å². The zero-order chi connectivity index (χ0) is 22.1. The van der Waals surface area contributed by atoms with E-state index in [1.165, 1.54) is 0 Å². The Morgan fingerprint density at radius 2 is 2.03 bits per heavy atom. The van der Waals surface area contributed by atoms with Crippen LogP contribution in [0.1, 0.15) is 55.2 Å². The molecule has 1 aliphatic rings. The van der Waals surface area contributed by atoms with Gasteiger partial charge in [-0.2, -0.15) is 18.2 Å². The summed E-state index contributed by atoms with van der Waals surface area (Å²) in [5.74, 6) is -0.825. The number of aromatic amines is 1. The Hall–Kier alpha value is -2.06. The van der Waals surface area contributed by atoms with Gasteiger partial charge in [0.15, 0.2) is 5.49 Å². The average molecular weight is 444 g/mol. The highest BCUT2D eigenvalue weighted by molar-refractivity contribution is 6.33. The summed E-state index contributed by atoms with van der Waals surface area (Å²) in [6.07, 6.45) is -2.00. The normalized spacial score (nSPS) is 18.2. The van der Waals surface area contributed by atoms with Gasteiger partial charge in [-0.1, -0.05) is 32.4 Å². The second-order valence-electron chi connectivity index (χ2n) is 8.73. The maximum atomic E-state index is 13.0. The van der Waals surface area contributed by atoms with Gasteiger partial charge in [0.2, 0.25) is 0 Å². The summed E-state index contributed by atoms with van der Waals surface area (Å²) in [4.78, 5) is 16.8. The van der Waals surface area contributed by atoms with Gasteiger partial charge in [0.05, 0.1) is 28.8 Å². The van der Waals surface area contributed by atoms with Crippen LogP contribution < -0.4 is 5.49 Å². The van der Waals surface area contributed by atoms with Crippen molar-refractivity contribution in [2.75, 3.05) is 6.61 Å². The molecule has 1 atom stereocenters. The molecular formula is C21H25ClF3N3O2. The van der Waals surface area contributed by atoms with Crippen molar-refractivity contribution >= 4 is 17.5 Å². The monoisotopic (exact) mass is 443 g/mol. The summed E-state index contributed by atoms with van der Waals surface area (Å²) in [6, 6.07) is 4.39. The Morgan fingerprint density at radius 3 is 2.63 bits per heavy atom. The summed E-state index contributed by atoms with van der Waals surface area (Å²) in [5, 5.41) is 3.17. The number of aromatic nitrogens is 2. The van der Waals surface area contributed by atoms with E-state index in [1.54, 1.807) is 10.7 Å². The zero-order valence-corrected chi connectivity index (χ0v) is 17.9. The minimum absolute atomic E-state index is 0.00182. The van der Waals surface area contributed by atoms with E-state index in [-0.39, 0.29) is 22.1 Å². The molecule has 1 saturated heterocycles. The first-order valence-corrected chi connectivity index (χ1v) is 10.2. The van der Waals surface area contributed by atoms with Crippen LogP contribution in [-0.2, 0) is 23.9 Å². The van der Waals surface area contributed by atoms with E-state index in [2.05, 4.69) is 30.9 Å². The number of carbonyl (C=O) groups is 1. The number of hydrogen-bond acceptors (Lipinski definition) is 2. The first kappa shape index (κ1) is 22.6. The Morgan fingerprint density at radius 1 is 1.30 bits per heavy atom. The van der Waals surface area contributed by atoms with E-state index in [0.29, 0.717) is 25.1 Å². The van der Waals surface area contributed by atoms with Crippen LogP contribution in [0, 0.1) is 5.41 Å². The Labute approximate surface area is 177 Å². The maximum Gasteiger partial charge on any atom is 0.416 e. The lowest BCUT2D eigenvalue weighted by Gasteiger charge is -2.16. The Bertz CT molecular complexity index is 981. The molecular weight excluding hydrogens is 419 g/mol. The van der Waals surface area contributed by atoms with Crippen molar-refractivity contribution in [1.29, 1.82) is 0 Å². The molecule has 0 saturated carbocycles. The number of hydrogen-bond donors (Lipinski definition) is 1. The number of carbonyl (C=O) groups excluding carboxylic acids is 1. The second kappa shape index (κ2) is 8.59. The predicted octanol–water partition coefficient (Wildman–Crippen LogP) is 5.00. The van der Waals surface area contributed by atoms with Gasteiger partial charge in [-0.05, 0) is 42.9 Å². The Kier molecular flexibility index (Phi) is 6.48. The first-order valence-electron chi connectivity index (χ1n) is 9.78. The summed E-state index contributed by atoms with van der Waals surface area (Å²) in [7, 11) is 0. The lowest BCUT2D eigenvalue weighted by molar-refractivity contribution is -0.137. The number of amides is 1. The van der Waals surface area contributed by atoms with Crippen LogP contribution in [0.2, 0.25) is 5.02 Å². The highest BCUT2D eigenvalue weighted by atomic mass is 35.5. The quantitative estimate of drug-likeness (QED) is 0.723. The summed E-state index contributed by atoms with van der Waals surface area (Å²) in [6.45, 7) is 7.42. The van der Waals surface area contributed by atoms with Gasteiger partial charge in [0, 0.05) is 18.4 Å². The molecule has 164 valence electrons. The number of nitrogens with zero attached hydrogens (tertiary/aromatic N) is 2. The number of alkyl halides is 3. The molecule has 0 spiro atoms. The molecule has 30 heavy (non-hydrogen) atoms. The molecule has 1 fully saturated rings. The van der Waals surface area contributed by atoms with Crippen LogP contribution in [0.3, 0.4) is 0 Å². The molecule has 1 aromatic carbocycles. The van der Waals surface area contributed by atoms with E-state index >= 15 is 0 Å². The molecule has 0 radical (unpaired) electrons. The van der Waals surface area contributed by atoms with Gasteiger partial charge in [-0.3, -0.25) is 9.48 Å². The van der Waals surface area contributed by atoms with Crippen molar-refractivity contribution in [1.82, 2.24) is 9.78 Å². The number of benzene rings is 1. The van der Waals surface area contributed by atoms with Crippen LogP contribution in [0.15, 0.2) is 29.3 Å². The van der Waals surface area contributed by atoms with Gasteiger partial charge in [-0.15, -0.1) is 0 Å². The fraction of sp³-hybridized carbons (Fsp3) is 0.524. The lowest BCUT2D eigenvalue weighted by Crippen LogP contribution is -2.26. The van der Waals surface area contributed by atoms with Crippen molar-refractivity contribution in [2.24, 2.45) is 10.4 Å². The van der Waals surface area contributed by atoms with Crippen molar-refractivity contribution in [3.05, 3.63) is 51.6 Å². The van der Waals surface area contributed by atoms with Gasteiger partial charge in [0.25, 0.3) is 5.91 Å². The minimum Gasteiger partial charge on any atom is -0.376 e. The number of halogens is 4. The van der Waals surface area contributed by atoms with Crippen LogP contribution in [0.25, 0.3) is 0 Å². The molecule has 0 unspecified atom stereocenters. The predicted molar refractivity (Wildman–Crippen MR) is 107 cm³/mol. The number of ether oxygens (including phenoxy) is 1. The molecule has 2 heterocycles. The maximum absolute atomic E-state index is 13.0. The smallest absolute Gasteiger partial charge is 0.376 e. The fourth-order valence-corrected chi connectivity index (χ4v) is 3.61. The van der Waals surface area contributed by atoms with E-state index < -0.39 is 17.6 Å². The summed E-state index contributed by atoms with van der Waals surface area (Å²) in [5.41, 5.74) is -0.0163. The Balaban J connectivity index is 1.99. The molecule has 1 amide bonds. The van der Waals surface area contributed by atoms with Crippen molar-refractivity contribution in [3.8, 4) is 0 Å². The standard InChI is InChI=1S/C21H25ClF3N3O2/c1-20(2,3)11-14-10-18(28(27-14)12-15-5-4-8-30-15)26-19(29)16-9-13(21(23,24)25)6-7-17(16)22/h6-7,9-10,15,27H,4-5,8,11-12H2,1-3H3/t15-/m1/s1. The number of rotatable bonds is 4. The molecule has 1 aromatic heterocycles. The number of H-pyrrole nitrogens is 1. The van der Waals surface area contributed by atoms with Crippen molar-refractivity contribution in [3.63, 3.8) is 0 Å². The first-order chi connectivity index (χ1) is 13.9. The van der Waals surface area contributed by atoms with E-state index in [0.717, 1.165) is 36.7 Å². The van der Waals surface area contributed by atoms with E-state index in [9.17, 15) is 18.0 Å². The van der Waals surface area contributed by atoms with E-state index in [1.807, 2.05) is 0 Å². The molecule has 1 N–H and O–H groups in total. The SMILES string of the molecule is CC(C)(C)Cc1cc(=NC(=O)c2cc(C(F)(F)F)ccc2Cl)n(C[C@H]2CCCO2)[nH]1. The van der Waals surface area contributed by atoms with Crippen LogP contribution >= 0.6 is 11.6 Å². The second-order valence-corrected chi connectivity index (χ2v) is 9.14. The summed E-state index contributed by atoms with van der Waals surface area (Å²) >= 11 is 5.99. The molecule has 5 nitrogen and oxygen atoms in total. The van der Waals surface area contributed by atoms with Crippen LogP contribution in [-0.4, -0.2) is 28.4 Å². The van der Waals surface area contributed by atoms with Gasteiger partial charge in [-0.25, -0.2) is 0 Å². The highest BCUT2D eigenvalue weighted by Gasteiger charge is 2.31. The van der Waals surface area contributed by atoms with Crippen LogP contribution in [0.4, 0.5) is 13.2 Å². The third kappa shape index (κ3) is 5.76. The van der Waals surface area contributed by atoms with Gasteiger partial charge < -0.3 is 9.84 Å². The topological polar surface area (TPSA) is 59.4 Å². The number of nitrogens with one attached hydrogen (secondary N) is 1. The molecule has 1 aliphatic heterocycles. The zero-order valence-electron chi connectivity index (χ0n) is 17.1.